The Hall–Kier alpha value is -5.97. The van der Waals surface area contributed by atoms with Crippen LogP contribution in [0.2, 0.25) is 5.04 Å². The van der Waals surface area contributed by atoms with E-state index < -0.39 is 8.32 Å². The number of nitrogens with zero attached hydrogens (tertiary/aromatic N) is 3. The highest BCUT2D eigenvalue weighted by Gasteiger charge is 2.50. The smallest absolute Gasteiger partial charge is 0.261 e. The first kappa shape index (κ1) is 81.3. The number of rotatable bonds is 38. The molecule has 0 unspecified atom stereocenters. The standard InChI is InChI=1S/C42H55NO2Si.C26H37NO2.C16H36N.FH/c1-9-11-27-43(28-12-10-2)38-26-25-35(41(31-38)44-8)23-24-36-29-34(4)37(30-33(36)3)32-45-46(42(5,6)7,39-19-15-13-16-20-39)40-21-17-14-18-22-40;1-6-8-14-27(15-9-7-2)25-13-12-22(26(18-25)29-5)10-11-23-16-21(4)24(19-28)17-20(23)3;1-5-9-13-17(14-10-6-2,15-11-7-3)16-12-8-4;/h13-26,29-31H,9-12,27-28,32H2,1-8H3;10-13,16-18,28H,6-9,14-15,19H2,1-5H3;5-16H2,1-4H3;1H/q;;+1;/p-1. The molecular formula is C84H128FN3O4Si. The van der Waals surface area contributed by atoms with E-state index >= 15 is 0 Å². The molecule has 0 fully saturated rings. The number of aliphatic hydroxyl groups excluding tert-OH is 1. The number of hydrogen-bond donors (Lipinski definition) is 1. The number of methoxy groups -OCH3 is 2. The Morgan fingerprint density at radius 2 is 0.753 bits per heavy atom. The van der Waals surface area contributed by atoms with Crippen molar-refractivity contribution in [2.75, 3.05) is 76.4 Å². The van der Waals surface area contributed by atoms with Gasteiger partial charge in [0.15, 0.2) is 0 Å². The summed E-state index contributed by atoms with van der Waals surface area (Å²) in [5.74, 6) is 1.81. The van der Waals surface area contributed by atoms with Crippen LogP contribution in [-0.4, -0.2) is 84.5 Å². The van der Waals surface area contributed by atoms with Crippen LogP contribution >= 0.6 is 0 Å². The van der Waals surface area contributed by atoms with E-state index in [2.05, 4.69) is 252 Å². The lowest BCUT2D eigenvalue weighted by molar-refractivity contribution is -0.929. The highest BCUT2D eigenvalue weighted by atomic mass is 28.4. The summed E-state index contributed by atoms with van der Waals surface area (Å²) in [6, 6.07) is 43.8. The number of halogens is 1. The van der Waals surface area contributed by atoms with Crippen molar-refractivity contribution in [2.24, 2.45) is 0 Å². The Labute approximate surface area is 569 Å². The molecule has 0 amide bonds. The number of unbranched alkanes of at least 4 members (excludes halogenated alkanes) is 8. The van der Waals surface area contributed by atoms with Gasteiger partial charge in [0.2, 0.25) is 0 Å². The van der Waals surface area contributed by atoms with Crippen molar-refractivity contribution < 1.29 is 28.2 Å². The fourth-order valence-electron chi connectivity index (χ4n) is 12.6. The Balaban J connectivity index is 0.000000409. The first-order valence-electron chi connectivity index (χ1n) is 36.1. The molecule has 0 aromatic heterocycles. The lowest BCUT2D eigenvalue weighted by Gasteiger charge is -2.43. The van der Waals surface area contributed by atoms with Crippen LogP contribution in [0.3, 0.4) is 0 Å². The molecule has 1 N–H and O–H groups in total. The van der Waals surface area contributed by atoms with Gasteiger partial charge in [0, 0.05) is 60.8 Å². The molecule has 0 aliphatic heterocycles. The summed E-state index contributed by atoms with van der Waals surface area (Å²) in [5.41, 5.74) is 14.0. The number of aryl methyl sites for hydroxylation is 4. The summed E-state index contributed by atoms with van der Waals surface area (Å²) in [6.45, 7) is 44.5. The fraction of sp³-hybridized carbons (Fsp3) is 0.524. The Morgan fingerprint density at radius 1 is 0.419 bits per heavy atom. The third kappa shape index (κ3) is 25.3. The van der Waals surface area contributed by atoms with Crippen molar-refractivity contribution in [3.8, 4) is 11.5 Å². The molecule has 7 nitrogen and oxygen atoms in total. The van der Waals surface area contributed by atoms with E-state index in [1.165, 1.54) is 183 Å². The minimum absolute atomic E-state index is 0. The number of aliphatic hydroxyl groups is 1. The van der Waals surface area contributed by atoms with Crippen molar-refractivity contribution in [2.45, 2.75) is 225 Å². The molecule has 514 valence electrons. The van der Waals surface area contributed by atoms with E-state index in [9.17, 15) is 5.11 Å². The highest BCUT2D eigenvalue weighted by molar-refractivity contribution is 6.99. The molecule has 6 rings (SSSR count). The van der Waals surface area contributed by atoms with Gasteiger partial charge in [-0.1, -0.05) is 237 Å². The molecule has 0 spiro atoms. The molecule has 9 heteroatoms. The third-order valence-corrected chi connectivity index (χ3v) is 23.6. The molecule has 93 heavy (non-hydrogen) atoms. The van der Waals surface area contributed by atoms with Crippen LogP contribution in [0.25, 0.3) is 24.3 Å². The Morgan fingerprint density at radius 3 is 1.08 bits per heavy atom. The first-order valence-corrected chi connectivity index (χ1v) is 38.0. The van der Waals surface area contributed by atoms with E-state index in [1.807, 2.05) is 6.92 Å². The molecule has 6 aromatic rings. The van der Waals surface area contributed by atoms with Crippen LogP contribution in [0.15, 0.2) is 121 Å². The number of hydrogen-bond acceptors (Lipinski definition) is 6. The van der Waals surface area contributed by atoms with Crippen molar-refractivity contribution >= 4 is 54.4 Å². The zero-order valence-electron chi connectivity index (χ0n) is 61.6. The molecule has 0 heterocycles. The Bertz CT molecular complexity index is 2970. The number of benzene rings is 6. The van der Waals surface area contributed by atoms with Gasteiger partial charge < -0.3 is 38.0 Å². The van der Waals surface area contributed by atoms with Crippen LogP contribution in [0.4, 0.5) is 11.4 Å². The summed E-state index contributed by atoms with van der Waals surface area (Å²) in [7, 11) is 0.898. The molecule has 6 aromatic carbocycles. The summed E-state index contributed by atoms with van der Waals surface area (Å²) in [6.07, 6.45) is 29.3. The van der Waals surface area contributed by atoms with Crippen molar-refractivity contribution in [1.82, 2.24) is 0 Å². The molecular weight excluding hydrogens is 1160 g/mol. The molecule has 0 saturated carbocycles. The van der Waals surface area contributed by atoms with Gasteiger partial charge in [-0.2, -0.15) is 0 Å². The lowest BCUT2D eigenvalue weighted by atomic mass is 9.99. The minimum Gasteiger partial charge on any atom is -1.00 e. The second kappa shape index (κ2) is 43.9. The topological polar surface area (TPSA) is 54.4 Å². The predicted octanol–water partition coefficient (Wildman–Crippen LogP) is 18.4. The van der Waals surface area contributed by atoms with Gasteiger partial charge in [-0.25, -0.2) is 0 Å². The molecule has 0 atom stereocenters. The average molecular weight is 1290 g/mol. The number of quaternary nitrogens is 1. The molecule has 0 radical (unpaired) electrons. The number of anilines is 2. The van der Waals surface area contributed by atoms with E-state index in [1.54, 1.807) is 14.2 Å². The van der Waals surface area contributed by atoms with Crippen LogP contribution in [0.1, 0.15) is 235 Å². The van der Waals surface area contributed by atoms with Crippen LogP contribution in [-0.2, 0) is 17.6 Å². The van der Waals surface area contributed by atoms with Gasteiger partial charge in [-0.05, 0) is 163 Å². The average Bonchev–Trinajstić information content (AvgIpc) is 0.756. The monoisotopic (exact) mass is 1290 g/mol. The lowest BCUT2D eigenvalue weighted by Crippen LogP contribution is -3.00. The molecule has 0 saturated heterocycles. The van der Waals surface area contributed by atoms with E-state index in [0.29, 0.717) is 6.61 Å². The highest BCUT2D eigenvalue weighted by Crippen LogP contribution is 2.38. The molecule has 0 aliphatic rings. The first-order chi connectivity index (χ1) is 44.4. The summed E-state index contributed by atoms with van der Waals surface area (Å²) in [4.78, 5) is 4.98. The summed E-state index contributed by atoms with van der Waals surface area (Å²) in [5, 5.41) is 12.0. The quantitative estimate of drug-likeness (QED) is 0.0237. The van der Waals surface area contributed by atoms with Crippen molar-refractivity contribution in [3.05, 3.63) is 177 Å². The molecule has 0 aliphatic carbocycles. The number of ether oxygens (including phenoxy) is 2. The maximum absolute atomic E-state index is 9.45. The Kier molecular flexibility index (Phi) is 38.4. The third-order valence-electron chi connectivity index (χ3n) is 18.6. The van der Waals surface area contributed by atoms with Gasteiger partial charge in [0.25, 0.3) is 8.32 Å². The second-order valence-electron chi connectivity index (χ2n) is 26.9. The van der Waals surface area contributed by atoms with Gasteiger partial charge >= 0.3 is 0 Å². The zero-order valence-corrected chi connectivity index (χ0v) is 62.6. The van der Waals surface area contributed by atoms with Gasteiger partial charge in [-0.3, -0.25) is 0 Å². The van der Waals surface area contributed by atoms with E-state index in [-0.39, 0.29) is 16.3 Å². The SMILES string of the molecule is CCCCN(CCCC)c1ccc(C=Cc2cc(C)c(CO)cc2C)c(OC)c1.CCCCN(CCCC)c1ccc(C=Cc2cc(C)c(CO[Si](c3ccccc3)(c3ccccc3)C(C)(C)C)cc2C)c(OC)c1.CCCC[N+](CCCC)(CCCC)CCCC.[F-]. The minimum atomic E-state index is -2.62. The normalized spacial score (nSPS) is 11.7. The van der Waals surface area contributed by atoms with E-state index in [4.69, 9.17) is 13.9 Å². The molecule has 0 bridgehead atoms. The van der Waals surface area contributed by atoms with Crippen LogP contribution in [0.5, 0.6) is 11.5 Å². The summed E-state index contributed by atoms with van der Waals surface area (Å²) < 4.78 is 20.3. The largest absolute Gasteiger partial charge is 1.00 e. The van der Waals surface area contributed by atoms with Gasteiger partial charge in [-0.15, -0.1) is 0 Å². The zero-order chi connectivity index (χ0) is 67.4. The van der Waals surface area contributed by atoms with Gasteiger partial charge in [0.1, 0.15) is 11.5 Å². The van der Waals surface area contributed by atoms with Crippen LogP contribution in [0, 0.1) is 27.7 Å². The van der Waals surface area contributed by atoms with Crippen molar-refractivity contribution in [1.29, 1.82) is 0 Å². The predicted molar refractivity (Wildman–Crippen MR) is 407 cm³/mol. The maximum atomic E-state index is 9.45. The second-order valence-corrected chi connectivity index (χ2v) is 31.2. The van der Waals surface area contributed by atoms with Gasteiger partial charge in [0.05, 0.1) is 53.6 Å². The fourth-order valence-corrected chi connectivity index (χ4v) is 17.2. The van der Waals surface area contributed by atoms with Crippen molar-refractivity contribution in [3.63, 3.8) is 0 Å². The summed E-state index contributed by atoms with van der Waals surface area (Å²) >= 11 is 0. The maximum Gasteiger partial charge on any atom is 0.261 e. The van der Waals surface area contributed by atoms with E-state index in [0.717, 1.165) is 65.5 Å². The van der Waals surface area contributed by atoms with Crippen LogP contribution < -0.4 is 34.4 Å².